The summed E-state index contributed by atoms with van der Waals surface area (Å²) in [7, 11) is 3.85. The molecule has 2 atom stereocenters. The van der Waals surface area contributed by atoms with Gasteiger partial charge in [0.15, 0.2) is 0 Å². The number of aliphatic imine (C=N–C) groups is 1. The summed E-state index contributed by atoms with van der Waals surface area (Å²) in [5.41, 5.74) is 1.76. The van der Waals surface area contributed by atoms with E-state index in [4.69, 9.17) is 27.9 Å². The Bertz CT molecular complexity index is 1120. The lowest BCUT2D eigenvalue weighted by atomic mass is 10.1. The molecule has 7 heteroatoms. The summed E-state index contributed by atoms with van der Waals surface area (Å²) in [6, 6.07) is 23.7. The van der Waals surface area contributed by atoms with Gasteiger partial charge in [0.1, 0.15) is 17.8 Å². The van der Waals surface area contributed by atoms with Crippen molar-refractivity contribution in [1.82, 2.24) is 9.80 Å². The normalized spacial score (nSPS) is 20.3. The van der Waals surface area contributed by atoms with Crippen molar-refractivity contribution in [2.75, 3.05) is 14.1 Å². The van der Waals surface area contributed by atoms with Crippen LogP contribution in [0.15, 0.2) is 83.9 Å². The van der Waals surface area contributed by atoms with Crippen LogP contribution in [0.2, 0.25) is 10.0 Å². The second-order valence-corrected chi connectivity index (χ2v) is 8.06. The molecule has 0 N–H and O–H groups in total. The zero-order valence-corrected chi connectivity index (χ0v) is 18.6. The highest BCUT2D eigenvalue weighted by molar-refractivity contribution is 6.32. The molecule has 0 radical (unpaired) electrons. The molecule has 0 spiro atoms. The van der Waals surface area contributed by atoms with Crippen LogP contribution in [-0.4, -0.2) is 35.8 Å². The Balaban J connectivity index is 1.77. The van der Waals surface area contributed by atoms with Crippen LogP contribution in [0.1, 0.15) is 23.3 Å². The zero-order valence-electron chi connectivity index (χ0n) is 17.1. The van der Waals surface area contributed by atoms with E-state index in [2.05, 4.69) is 9.89 Å². The summed E-state index contributed by atoms with van der Waals surface area (Å²) < 4.78 is 5.41. The molecule has 0 unspecified atom stereocenters. The van der Waals surface area contributed by atoms with Crippen LogP contribution in [0.3, 0.4) is 0 Å². The first-order valence-electron chi connectivity index (χ1n) is 9.76. The van der Waals surface area contributed by atoms with Crippen molar-refractivity contribution >= 4 is 35.1 Å². The van der Waals surface area contributed by atoms with Crippen molar-refractivity contribution in [1.29, 1.82) is 0 Å². The molecule has 0 aliphatic carbocycles. The van der Waals surface area contributed by atoms with Gasteiger partial charge in [-0.25, -0.2) is 4.79 Å². The number of ether oxygens (including phenoxy) is 1. The maximum absolute atomic E-state index is 12.7. The van der Waals surface area contributed by atoms with Crippen molar-refractivity contribution in [3.63, 3.8) is 0 Å². The zero-order chi connectivity index (χ0) is 22.0. The SMILES string of the molecule is CN1C(=NC(=O)Oc2ccccc2)[C@H](c2ccccc2Cl)N(C)[C@@H]1c1ccccc1Cl. The van der Waals surface area contributed by atoms with Crippen LogP contribution < -0.4 is 4.74 Å². The van der Waals surface area contributed by atoms with E-state index in [1.165, 1.54) is 0 Å². The minimum Gasteiger partial charge on any atom is -0.409 e. The molecule has 1 heterocycles. The molecule has 3 aromatic carbocycles. The number of benzene rings is 3. The first-order chi connectivity index (χ1) is 15.0. The van der Waals surface area contributed by atoms with Gasteiger partial charge < -0.3 is 9.64 Å². The van der Waals surface area contributed by atoms with Gasteiger partial charge in [0, 0.05) is 22.7 Å². The van der Waals surface area contributed by atoms with Gasteiger partial charge in [-0.2, -0.15) is 4.99 Å². The molecular formula is C24H21Cl2N3O2. The third kappa shape index (κ3) is 4.30. The van der Waals surface area contributed by atoms with E-state index in [0.29, 0.717) is 21.6 Å². The molecule has 1 saturated heterocycles. The van der Waals surface area contributed by atoms with Crippen LogP contribution >= 0.6 is 23.2 Å². The highest BCUT2D eigenvalue weighted by Gasteiger charge is 2.43. The molecule has 1 fully saturated rings. The Morgan fingerprint density at radius 1 is 0.839 bits per heavy atom. The van der Waals surface area contributed by atoms with Gasteiger partial charge in [-0.3, -0.25) is 4.90 Å². The number of amides is 1. The second kappa shape index (κ2) is 9.10. The van der Waals surface area contributed by atoms with Gasteiger partial charge in [0.25, 0.3) is 0 Å². The van der Waals surface area contributed by atoms with E-state index in [-0.39, 0.29) is 12.2 Å². The lowest BCUT2D eigenvalue weighted by Crippen LogP contribution is -2.27. The maximum atomic E-state index is 12.7. The Morgan fingerprint density at radius 2 is 1.39 bits per heavy atom. The standard InChI is InChI=1S/C24H21Cl2N3O2/c1-28-21(17-12-6-8-14-19(17)25)22(27-24(30)31-16-10-4-3-5-11-16)29(2)23(28)18-13-7-9-15-20(18)26/h3-15,21,23H,1-2H3/t21-,23-/m0/s1. The van der Waals surface area contributed by atoms with E-state index in [1.807, 2.05) is 73.6 Å². The monoisotopic (exact) mass is 453 g/mol. The van der Waals surface area contributed by atoms with Crippen molar-refractivity contribution in [2.45, 2.75) is 12.2 Å². The molecule has 0 aromatic heterocycles. The van der Waals surface area contributed by atoms with E-state index < -0.39 is 6.09 Å². The largest absolute Gasteiger partial charge is 0.440 e. The van der Waals surface area contributed by atoms with Crippen molar-refractivity contribution < 1.29 is 9.53 Å². The topological polar surface area (TPSA) is 45.1 Å². The summed E-state index contributed by atoms with van der Waals surface area (Å²) in [5.74, 6) is 0.962. The molecule has 3 aromatic rings. The Kier molecular flexibility index (Phi) is 6.28. The number of para-hydroxylation sites is 1. The van der Waals surface area contributed by atoms with Gasteiger partial charge in [-0.15, -0.1) is 0 Å². The quantitative estimate of drug-likeness (QED) is 0.472. The molecule has 1 aliphatic heterocycles. The first kappa shape index (κ1) is 21.4. The minimum absolute atomic E-state index is 0.238. The number of hydrogen-bond acceptors (Lipinski definition) is 3. The summed E-state index contributed by atoms with van der Waals surface area (Å²) in [6.45, 7) is 0. The highest BCUT2D eigenvalue weighted by Crippen LogP contribution is 2.43. The molecule has 4 rings (SSSR count). The molecule has 1 amide bonds. The average Bonchev–Trinajstić information content (AvgIpc) is 2.99. The first-order valence-corrected chi connectivity index (χ1v) is 10.5. The van der Waals surface area contributed by atoms with Crippen molar-refractivity contribution in [3.8, 4) is 5.75 Å². The van der Waals surface area contributed by atoms with E-state index in [0.717, 1.165) is 11.1 Å². The van der Waals surface area contributed by atoms with Crippen LogP contribution in [0.4, 0.5) is 4.79 Å². The average molecular weight is 454 g/mol. The predicted molar refractivity (Wildman–Crippen MR) is 124 cm³/mol. The fourth-order valence-corrected chi connectivity index (χ4v) is 4.40. The van der Waals surface area contributed by atoms with E-state index in [9.17, 15) is 4.79 Å². The highest BCUT2D eigenvalue weighted by atomic mass is 35.5. The lowest BCUT2D eigenvalue weighted by Gasteiger charge is -2.28. The van der Waals surface area contributed by atoms with Crippen molar-refractivity contribution in [3.05, 3.63) is 100 Å². The Labute approximate surface area is 191 Å². The number of hydrogen-bond donors (Lipinski definition) is 0. The van der Waals surface area contributed by atoms with Gasteiger partial charge in [-0.05, 0) is 36.9 Å². The smallest absolute Gasteiger partial charge is 0.409 e. The third-order valence-corrected chi connectivity index (χ3v) is 5.99. The molecular weight excluding hydrogens is 433 g/mol. The fraction of sp³-hybridized carbons (Fsp3) is 0.167. The number of likely N-dealkylation sites (N-methyl/N-ethyl adjacent to an activating group) is 2. The number of nitrogens with zero attached hydrogens (tertiary/aromatic N) is 3. The van der Waals surface area contributed by atoms with Crippen LogP contribution in [0.5, 0.6) is 5.75 Å². The third-order valence-electron chi connectivity index (χ3n) is 5.30. The summed E-state index contributed by atoms with van der Waals surface area (Å²) in [4.78, 5) is 21.1. The van der Waals surface area contributed by atoms with Gasteiger partial charge >= 0.3 is 6.09 Å². The summed E-state index contributed by atoms with van der Waals surface area (Å²) >= 11 is 13.0. The molecule has 31 heavy (non-hydrogen) atoms. The number of carbonyl (C=O) groups excluding carboxylic acids is 1. The Hall–Kier alpha value is -2.86. The van der Waals surface area contributed by atoms with Gasteiger partial charge in [0.2, 0.25) is 0 Å². The van der Waals surface area contributed by atoms with Gasteiger partial charge in [0.05, 0.1) is 6.04 Å². The van der Waals surface area contributed by atoms with Crippen LogP contribution in [-0.2, 0) is 0 Å². The Morgan fingerprint density at radius 3 is 2.00 bits per heavy atom. The van der Waals surface area contributed by atoms with Crippen LogP contribution in [0, 0.1) is 0 Å². The van der Waals surface area contributed by atoms with E-state index >= 15 is 0 Å². The number of halogens is 2. The number of carbonyl (C=O) groups is 1. The van der Waals surface area contributed by atoms with Crippen molar-refractivity contribution in [2.24, 2.45) is 4.99 Å². The predicted octanol–water partition coefficient (Wildman–Crippen LogP) is 6.21. The summed E-state index contributed by atoms with van der Waals surface area (Å²) in [6.07, 6.45) is -0.934. The molecule has 0 bridgehead atoms. The molecule has 1 aliphatic rings. The van der Waals surface area contributed by atoms with Gasteiger partial charge in [-0.1, -0.05) is 77.8 Å². The lowest BCUT2D eigenvalue weighted by molar-refractivity contribution is 0.176. The van der Waals surface area contributed by atoms with Crippen LogP contribution in [0.25, 0.3) is 0 Å². The summed E-state index contributed by atoms with van der Waals surface area (Å²) in [5, 5.41) is 1.23. The fourth-order valence-electron chi connectivity index (χ4n) is 3.93. The molecule has 158 valence electrons. The van der Waals surface area contributed by atoms with E-state index in [1.54, 1.807) is 24.3 Å². The number of rotatable bonds is 3. The molecule has 5 nitrogen and oxygen atoms in total. The maximum Gasteiger partial charge on any atom is 0.440 e. The number of amidine groups is 1. The second-order valence-electron chi connectivity index (χ2n) is 7.25. The minimum atomic E-state index is -0.696. The molecule has 0 saturated carbocycles.